The summed E-state index contributed by atoms with van der Waals surface area (Å²) in [6.07, 6.45) is -21.0. The first kappa shape index (κ1) is 67.8. The van der Waals surface area contributed by atoms with E-state index in [1.165, 1.54) is 51.8 Å². The van der Waals surface area contributed by atoms with Crippen LogP contribution in [0.15, 0.2) is 52.4 Å². The van der Waals surface area contributed by atoms with Gasteiger partial charge in [0.2, 0.25) is 5.78 Å². The Morgan fingerprint density at radius 2 is 1.41 bits per heavy atom. The predicted octanol–water partition coefficient (Wildman–Crippen LogP) is -5.32. The molecule has 0 amide bonds. The average molecular weight is 1230 g/mol. The Bertz CT molecular complexity index is 3070. The molecule has 0 radical (unpaired) electrons. The SMILES string of the molecule is CN[C@@H]1[C@H](O[C@H]2[C@H](O[C@H]3[C@H](O)[C@@H](O)[C@H](N=C(N)N)[C@@H](O)[C@@H]3N=C(N)N)O[C@@H](C)[C@]2(O)C=O)O[C@@H](CO)[C@H](O)[C@H]1O.COc1cccc2c1C(=O)c1c(O)c3c(c(O)c1C2=O)C[C@@](O)(C(C)=O)C[C@@H]3O[C@H]1C[C@H](N)[C@H](O)[C@H](C)O1.Cc1ccc(C=O)cc1. The molecule has 0 aromatic heterocycles. The average Bonchev–Trinajstić information content (AvgIpc) is 1.16. The summed E-state index contributed by atoms with van der Waals surface area (Å²) in [5.41, 5.74) is 24.3. The maximum Gasteiger partial charge on any atom is 0.202 e. The van der Waals surface area contributed by atoms with Gasteiger partial charge < -0.3 is 123 Å². The maximum absolute atomic E-state index is 13.6. The van der Waals surface area contributed by atoms with Gasteiger partial charge in [-0.3, -0.25) is 24.0 Å². The number of aldehydes is 2. The van der Waals surface area contributed by atoms with E-state index in [2.05, 4.69) is 15.3 Å². The summed E-state index contributed by atoms with van der Waals surface area (Å²) < 4.78 is 40.0. The number of nitrogens with two attached hydrogens (primary N) is 5. The van der Waals surface area contributed by atoms with Crippen LogP contribution in [0.1, 0.15) is 98.6 Å². The lowest BCUT2D eigenvalue weighted by molar-refractivity contribution is -0.314. The number of hydrogen-bond acceptors (Lipinski definition) is 27. The van der Waals surface area contributed by atoms with Gasteiger partial charge in [0.1, 0.15) is 90.1 Å². The minimum Gasteiger partial charge on any atom is -0.507 e. The number of carbonyl (C=O) groups is 5. The lowest BCUT2D eigenvalue weighted by atomic mass is 9.72. The van der Waals surface area contributed by atoms with Gasteiger partial charge in [-0.05, 0) is 40.8 Å². The van der Waals surface area contributed by atoms with Crippen LogP contribution in [0, 0.1) is 6.92 Å². The van der Waals surface area contributed by atoms with Crippen LogP contribution in [-0.2, 0) is 44.4 Å². The Kier molecular flexibility index (Phi) is 21.3. The summed E-state index contributed by atoms with van der Waals surface area (Å²) in [5, 5.41) is 121. The van der Waals surface area contributed by atoms with Crippen molar-refractivity contribution in [1.82, 2.24) is 5.32 Å². The lowest BCUT2D eigenvalue weighted by Crippen LogP contribution is -2.66. The Morgan fingerprint density at radius 3 is 1.98 bits per heavy atom. The van der Waals surface area contributed by atoms with Gasteiger partial charge in [-0.15, -0.1) is 0 Å². The highest BCUT2D eigenvalue weighted by Gasteiger charge is 2.61. The van der Waals surface area contributed by atoms with Crippen molar-refractivity contribution in [2.45, 2.75) is 174 Å². The molecule has 3 saturated heterocycles. The summed E-state index contributed by atoms with van der Waals surface area (Å²) in [4.78, 5) is 69.4. The standard InChI is InChI=1S/C27H29NO10.C21H39N7O12.C8H8O/c1-10-22(30)14(28)7-17(37-10)38-16-9-27(35,11(2)29)8-13-19(16)26(34)21-20(24(13)32)23(31)12-5-4-6-15(36-3)18(12)25(21)33;1-5-21(36,4-30)16(40-17-9(26-2)13(34)10(31)6(3-29)38-17)18(37-5)39-15-8(28-20(24)25)11(32)7(27-19(22)23)12(33)14(15)35;1-7-2-4-8(6-9)5-3-7/h4-6,10,14,16-17,22,30,32,34-35H,7-9,28H2,1-3H3;4-18,26,29,31-36H,3H2,1-2H3,(H4,22,23,27)(H4,24,25,28);2-6H,1H3/t10-,14-,16-,17-,22+,27-;5-,6-,7+,8-,9-,10-,11+,12-,13-,14+,15+,16-,17-,18-,21+;/m00./s1. The molecule has 22 N–H and O–H groups in total. The third-order valence-electron chi connectivity index (χ3n) is 16.3. The molecule has 87 heavy (non-hydrogen) atoms. The Morgan fingerprint density at radius 1 is 0.782 bits per heavy atom. The molecular weight excluding hydrogens is 1150 g/mol. The molecule has 3 aliphatic heterocycles. The highest BCUT2D eigenvalue weighted by Crippen LogP contribution is 2.53. The fourth-order valence-electron chi connectivity index (χ4n) is 11.4. The maximum atomic E-state index is 13.6. The van der Waals surface area contributed by atoms with Gasteiger partial charge in [-0.2, -0.15) is 0 Å². The van der Waals surface area contributed by atoms with Crippen molar-refractivity contribution in [2.24, 2.45) is 38.7 Å². The summed E-state index contributed by atoms with van der Waals surface area (Å²) in [5.74, 6) is -4.21. The first-order chi connectivity index (χ1) is 40.9. The van der Waals surface area contributed by atoms with Crippen LogP contribution in [-0.4, -0.2) is 240 Å². The number of ether oxygens (including phenoxy) is 7. The number of phenolic OH excluding ortho intramolecular Hbond substituents is 2. The summed E-state index contributed by atoms with van der Waals surface area (Å²) >= 11 is 0. The zero-order valence-electron chi connectivity index (χ0n) is 48.1. The van der Waals surface area contributed by atoms with Crippen molar-refractivity contribution in [1.29, 1.82) is 0 Å². The number of aliphatic hydroxyl groups excluding tert-OH is 7. The topological polar surface area (TPSA) is 539 Å². The molecule has 1 saturated carbocycles. The zero-order valence-corrected chi connectivity index (χ0v) is 48.1. The number of guanidine groups is 2. The van der Waals surface area contributed by atoms with Gasteiger partial charge in [0.05, 0.1) is 60.9 Å². The number of methoxy groups -OCH3 is 1. The van der Waals surface area contributed by atoms with E-state index in [1.54, 1.807) is 6.92 Å². The first-order valence-electron chi connectivity index (χ1n) is 27.5. The molecule has 478 valence electrons. The first-order valence-corrected chi connectivity index (χ1v) is 27.5. The number of hydrogen-bond donors (Lipinski definition) is 17. The van der Waals surface area contributed by atoms with Crippen LogP contribution >= 0.6 is 0 Å². The van der Waals surface area contributed by atoms with Gasteiger partial charge in [0, 0.05) is 47.6 Å². The van der Waals surface area contributed by atoms with Crippen molar-refractivity contribution >= 4 is 41.8 Å². The third-order valence-corrected chi connectivity index (χ3v) is 16.3. The highest BCUT2D eigenvalue weighted by molar-refractivity contribution is 6.31. The molecule has 0 bridgehead atoms. The van der Waals surface area contributed by atoms with Crippen molar-refractivity contribution in [2.75, 3.05) is 20.8 Å². The molecule has 3 aromatic rings. The van der Waals surface area contributed by atoms with Crippen LogP contribution in [0.25, 0.3) is 0 Å². The quantitative estimate of drug-likeness (QED) is 0.0243. The number of aryl methyl sites for hydroxylation is 1. The van der Waals surface area contributed by atoms with Crippen LogP contribution in [0.3, 0.4) is 0 Å². The number of ketones is 3. The number of nitrogens with zero attached hydrogens (tertiary/aromatic N) is 2. The van der Waals surface area contributed by atoms with Crippen molar-refractivity contribution in [3.05, 3.63) is 87.0 Å². The van der Waals surface area contributed by atoms with Gasteiger partial charge >= 0.3 is 0 Å². The van der Waals surface area contributed by atoms with E-state index >= 15 is 0 Å². The Labute approximate surface area is 497 Å². The summed E-state index contributed by atoms with van der Waals surface area (Å²) in [7, 11) is 2.76. The largest absolute Gasteiger partial charge is 0.507 e. The Hall–Kier alpha value is -6.73. The van der Waals surface area contributed by atoms with Crippen LogP contribution in [0.5, 0.6) is 17.2 Å². The molecule has 6 aliphatic rings. The van der Waals surface area contributed by atoms with Crippen molar-refractivity contribution < 1.29 is 113 Å². The number of aliphatic imine (C=N–C) groups is 2. The number of aromatic hydroxyl groups is 2. The van der Waals surface area contributed by atoms with Crippen LogP contribution in [0.2, 0.25) is 0 Å². The molecule has 0 spiro atoms. The number of benzene rings is 3. The normalized spacial score (nSPS) is 36.0. The molecule has 9 rings (SSSR count). The van der Waals surface area contributed by atoms with E-state index in [0.717, 1.165) is 11.8 Å². The molecular formula is C56H76N8O23. The zero-order chi connectivity index (χ0) is 64.5. The lowest BCUT2D eigenvalue weighted by Gasteiger charge is -2.45. The van der Waals surface area contributed by atoms with E-state index in [0.29, 0.717) is 0 Å². The molecule has 0 unspecified atom stereocenters. The van der Waals surface area contributed by atoms with E-state index in [-0.39, 0.29) is 47.1 Å². The number of carbonyl (C=O) groups excluding carboxylic acids is 5. The monoisotopic (exact) mass is 1230 g/mol. The minimum absolute atomic E-state index is 0.0147. The number of phenols is 2. The predicted molar refractivity (Wildman–Crippen MR) is 300 cm³/mol. The van der Waals surface area contributed by atoms with E-state index < -0.39 is 192 Å². The van der Waals surface area contributed by atoms with Crippen molar-refractivity contribution in [3.8, 4) is 17.2 Å². The second kappa shape index (κ2) is 27.3. The van der Waals surface area contributed by atoms with Gasteiger partial charge in [0.25, 0.3) is 0 Å². The third kappa shape index (κ3) is 13.4. The van der Waals surface area contributed by atoms with Crippen molar-refractivity contribution in [3.63, 3.8) is 0 Å². The Balaban J connectivity index is 0.000000217. The molecule has 3 heterocycles. The number of likely N-dealkylation sites (N-methyl/N-ethyl adjacent to an activating group) is 1. The summed E-state index contributed by atoms with van der Waals surface area (Å²) in [6, 6.07) is 7.12. The van der Waals surface area contributed by atoms with E-state index in [4.69, 9.17) is 61.8 Å². The number of nitrogens with one attached hydrogen (secondary N) is 1. The number of rotatable bonds is 14. The van der Waals surface area contributed by atoms with Gasteiger partial charge in [0.15, 0.2) is 54.2 Å². The fraction of sp³-hybridized carbons (Fsp3) is 0.554. The molecule has 31 heteroatoms. The molecule has 3 aromatic carbocycles. The molecule has 4 fully saturated rings. The summed E-state index contributed by atoms with van der Waals surface area (Å²) in [6.45, 7) is 5.40. The number of aliphatic hydroxyl groups is 9. The fourth-order valence-corrected chi connectivity index (χ4v) is 11.4. The molecule has 21 atom stereocenters. The van der Waals surface area contributed by atoms with Gasteiger partial charge in [-0.25, -0.2) is 9.98 Å². The van der Waals surface area contributed by atoms with Gasteiger partial charge in [-0.1, -0.05) is 42.0 Å². The molecule has 3 aliphatic carbocycles. The second-order valence-electron chi connectivity index (χ2n) is 22.1. The van der Waals surface area contributed by atoms with Crippen LogP contribution < -0.4 is 38.7 Å². The van der Waals surface area contributed by atoms with E-state index in [9.17, 15) is 80.1 Å². The van der Waals surface area contributed by atoms with E-state index in [1.807, 2.05) is 31.2 Å². The second-order valence-corrected chi connectivity index (χ2v) is 22.1. The molecule has 31 nitrogen and oxygen atoms in total. The smallest absolute Gasteiger partial charge is 0.202 e. The highest BCUT2D eigenvalue weighted by atomic mass is 16.8. The number of Topliss-reactive ketones (excluding diaryl/α,β-unsaturated/α-hetero) is 1. The minimum atomic E-state index is -2.38. The number of fused-ring (bicyclic) bond motifs is 3. The van der Waals surface area contributed by atoms with Crippen LogP contribution in [0.4, 0.5) is 0 Å².